The van der Waals surface area contributed by atoms with E-state index in [4.69, 9.17) is 0 Å². The summed E-state index contributed by atoms with van der Waals surface area (Å²) in [6, 6.07) is 58.7. The van der Waals surface area contributed by atoms with Gasteiger partial charge in [0.1, 0.15) is 0 Å². The minimum Gasteiger partial charge on any atom is -0.310 e. The van der Waals surface area contributed by atoms with Crippen LogP contribution >= 0.6 is 11.3 Å². The van der Waals surface area contributed by atoms with Crippen molar-refractivity contribution in [2.24, 2.45) is 0 Å². The van der Waals surface area contributed by atoms with Crippen LogP contribution in [-0.4, -0.2) is 0 Å². The maximum Gasteiger partial charge on any atom is 0.0643 e. The van der Waals surface area contributed by atoms with Crippen LogP contribution in [0.15, 0.2) is 158 Å². The largest absolute Gasteiger partial charge is 0.310 e. The highest BCUT2D eigenvalue weighted by atomic mass is 32.1. The van der Waals surface area contributed by atoms with E-state index in [-0.39, 0.29) is 16.2 Å². The van der Waals surface area contributed by atoms with E-state index in [0.717, 1.165) is 28.4 Å². The molecule has 0 spiro atoms. The molecule has 278 valence electrons. The van der Waals surface area contributed by atoms with E-state index in [2.05, 4.69) is 223 Å². The standard InChI is InChI=1S/C53H50N2S/c1-51(2,3)35-23-27-39(28-24-35)54(37-17-11-9-12-18-37)41-31-32-42-44(33-41)53(7,8)45-34-46(50-49(48(42)45)43-21-15-16-22-47(43)56-50)55(38-19-13-10-14-20-38)40-29-25-36(26-30-40)52(4,5)6/h9-34H,1-8H3. The van der Waals surface area contributed by atoms with Crippen molar-refractivity contribution in [3.8, 4) is 11.1 Å². The quantitative estimate of drug-likeness (QED) is 0.167. The Morgan fingerprint density at radius 2 is 0.946 bits per heavy atom. The van der Waals surface area contributed by atoms with E-state index in [9.17, 15) is 0 Å². The molecule has 56 heavy (non-hydrogen) atoms. The SMILES string of the molecule is CC(C)(C)c1ccc(N(c2ccccc2)c2ccc3c(c2)C(C)(C)c2cc(N(c4ccccc4)c4ccc(C(C)(C)C)cc4)c4sc5ccccc5c4c2-3)cc1. The number of hydrogen-bond acceptors (Lipinski definition) is 3. The molecule has 0 fully saturated rings. The van der Waals surface area contributed by atoms with E-state index >= 15 is 0 Å². The molecule has 0 saturated heterocycles. The highest BCUT2D eigenvalue weighted by Gasteiger charge is 2.39. The van der Waals surface area contributed by atoms with Crippen LogP contribution in [0.3, 0.4) is 0 Å². The van der Waals surface area contributed by atoms with Crippen molar-refractivity contribution < 1.29 is 0 Å². The second-order valence-electron chi connectivity index (χ2n) is 17.9. The van der Waals surface area contributed by atoms with E-state index in [0.29, 0.717) is 0 Å². The van der Waals surface area contributed by atoms with Gasteiger partial charge in [0.05, 0.1) is 10.4 Å². The van der Waals surface area contributed by atoms with Gasteiger partial charge in [-0.05, 0) is 117 Å². The van der Waals surface area contributed by atoms with Crippen molar-refractivity contribution in [2.75, 3.05) is 9.80 Å². The molecule has 0 aliphatic heterocycles. The molecule has 0 N–H and O–H groups in total. The molecule has 3 heteroatoms. The van der Waals surface area contributed by atoms with E-state index < -0.39 is 0 Å². The highest BCUT2D eigenvalue weighted by Crippen LogP contribution is 2.58. The number of benzene rings is 7. The average molecular weight is 747 g/mol. The Labute approximate surface area is 336 Å². The fourth-order valence-corrected chi connectivity index (χ4v) is 9.84. The van der Waals surface area contributed by atoms with Crippen molar-refractivity contribution in [1.29, 1.82) is 0 Å². The summed E-state index contributed by atoms with van der Waals surface area (Å²) in [6.45, 7) is 18.5. The van der Waals surface area contributed by atoms with Crippen molar-refractivity contribution in [3.05, 3.63) is 180 Å². The number of hydrogen-bond donors (Lipinski definition) is 0. The molecule has 0 unspecified atom stereocenters. The molecular weight excluding hydrogens is 697 g/mol. The zero-order valence-corrected chi connectivity index (χ0v) is 34.6. The Kier molecular flexibility index (Phi) is 8.52. The van der Waals surface area contributed by atoms with Gasteiger partial charge in [-0.15, -0.1) is 11.3 Å². The van der Waals surface area contributed by atoms with Crippen LogP contribution < -0.4 is 9.80 Å². The molecule has 0 radical (unpaired) electrons. The average Bonchev–Trinajstić information content (AvgIpc) is 3.68. The Balaban J connectivity index is 1.27. The third-order valence-corrected chi connectivity index (χ3v) is 13.0. The fourth-order valence-electron chi connectivity index (χ4n) is 8.62. The van der Waals surface area contributed by atoms with Crippen LogP contribution in [0.2, 0.25) is 0 Å². The molecule has 1 aliphatic carbocycles. The molecule has 0 amide bonds. The van der Waals surface area contributed by atoms with Gasteiger partial charge in [0, 0.05) is 49.3 Å². The molecule has 1 aliphatic rings. The first-order valence-electron chi connectivity index (χ1n) is 19.9. The Bertz CT molecular complexity index is 2710. The highest BCUT2D eigenvalue weighted by molar-refractivity contribution is 7.26. The lowest BCUT2D eigenvalue weighted by Crippen LogP contribution is -2.18. The van der Waals surface area contributed by atoms with Crippen LogP contribution in [0.4, 0.5) is 34.1 Å². The Morgan fingerprint density at radius 3 is 1.52 bits per heavy atom. The zero-order valence-electron chi connectivity index (χ0n) is 33.8. The van der Waals surface area contributed by atoms with Gasteiger partial charge < -0.3 is 9.80 Å². The minimum atomic E-state index is -0.260. The molecule has 9 rings (SSSR count). The van der Waals surface area contributed by atoms with Gasteiger partial charge in [0.2, 0.25) is 0 Å². The van der Waals surface area contributed by atoms with E-state index in [1.165, 1.54) is 59.2 Å². The predicted octanol–water partition coefficient (Wildman–Crippen LogP) is 15.9. The van der Waals surface area contributed by atoms with Gasteiger partial charge in [-0.1, -0.05) is 140 Å². The molecule has 0 bridgehead atoms. The molecule has 0 atom stereocenters. The van der Waals surface area contributed by atoms with E-state index in [1.54, 1.807) is 0 Å². The Hall–Kier alpha value is -5.64. The number of fused-ring (bicyclic) bond motifs is 7. The fraction of sp³-hybridized carbons (Fsp3) is 0.208. The topological polar surface area (TPSA) is 6.48 Å². The molecule has 1 aromatic heterocycles. The van der Waals surface area contributed by atoms with Gasteiger partial charge in [-0.25, -0.2) is 0 Å². The maximum atomic E-state index is 2.51. The molecule has 7 aromatic carbocycles. The van der Waals surface area contributed by atoms with Crippen LogP contribution in [0.25, 0.3) is 31.3 Å². The van der Waals surface area contributed by atoms with E-state index in [1.807, 2.05) is 11.3 Å². The summed E-state index contributed by atoms with van der Waals surface area (Å²) in [4.78, 5) is 4.89. The van der Waals surface area contributed by atoms with Gasteiger partial charge in [0.25, 0.3) is 0 Å². The monoisotopic (exact) mass is 746 g/mol. The summed E-state index contributed by atoms with van der Waals surface area (Å²) >= 11 is 1.91. The van der Waals surface area contributed by atoms with Crippen LogP contribution in [-0.2, 0) is 16.2 Å². The lowest BCUT2D eigenvalue weighted by atomic mass is 9.81. The summed E-state index contributed by atoms with van der Waals surface area (Å²) in [7, 11) is 0. The molecule has 8 aromatic rings. The second-order valence-corrected chi connectivity index (χ2v) is 19.0. The summed E-state index contributed by atoms with van der Waals surface area (Å²) in [5, 5.41) is 2.67. The lowest BCUT2D eigenvalue weighted by Gasteiger charge is -2.30. The lowest BCUT2D eigenvalue weighted by molar-refractivity contribution is 0.590. The Morgan fingerprint density at radius 1 is 0.464 bits per heavy atom. The van der Waals surface area contributed by atoms with Crippen LogP contribution in [0.5, 0.6) is 0 Å². The summed E-state index contributed by atoms with van der Waals surface area (Å²) in [5.41, 5.74) is 15.0. The summed E-state index contributed by atoms with van der Waals surface area (Å²) in [5.74, 6) is 0. The van der Waals surface area contributed by atoms with Crippen LogP contribution in [0, 0.1) is 0 Å². The van der Waals surface area contributed by atoms with Gasteiger partial charge in [-0.2, -0.15) is 0 Å². The van der Waals surface area contributed by atoms with Gasteiger partial charge >= 0.3 is 0 Å². The first-order chi connectivity index (χ1) is 26.8. The third kappa shape index (κ3) is 6.01. The van der Waals surface area contributed by atoms with Crippen molar-refractivity contribution in [3.63, 3.8) is 0 Å². The van der Waals surface area contributed by atoms with Gasteiger partial charge in [0.15, 0.2) is 0 Å². The van der Waals surface area contributed by atoms with Crippen molar-refractivity contribution in [1.82, 2.24) is 0 Å². The number of thiophene rings is 1. The molecular formula is C53H50N2S. The molecule has 1 heterocycles. The van der Waals surface area contributed by atoms with Crippen molar-refractivity contribution >= 4 is 65.6 Å². The smallest absolute Gasteiger partial charge is 0.0643 e. The van der Waals surface area contributed by atoms with Crippen molar-refractivity contribution in [2.45, 2.75) is 71.6 Å². The third-order valence-electron chi connectivity index (χ3n) is 11.8. The number of anilines is 6. The zero-order chi connectivity index (χ0) is 39.0. The predicted molar refractivity (Wildman–Crippen MR) is 244 cm³/mol. The molecule has 2 nitrogen and oxygen atoms in total. The van der Waals surface area contributed by atoms with Gasteiger partial charge in [-0.3, -0.25) is 0 Å². The molecule has 0 saturated carbocycles. The summed E-state index contributed by atoms with van der Waals surface area (Å²) in [6.07, 6.45) is 0. The number of nitrogens with zero attached hydrogens (tertiary/aromatic N) is 2. The minimum absolute atomic E-state index is 0.0725. The summed E-state index contributed by atoms with van der Waals surface area (Å²) < 4.78 is 2.62. The first kappa shape index (κ1) is 36.0. The normalized spacial score (nSPS) is 13.5. The van der Waals surface area contributed by atoms with Crippen LogP contribution in [0.1, 0.15) is 77.6 Å². The maximum absolute atomic E-state index is 2.51. The second kappa shape index (κ2) is 13.2. The first-order valence-corrected chi connectivity index (χ1v) is 20.7. The number of rotatable bonds is 6. The number of para-hydroxylation sites is 2.